The number of methoxy groups -OCH3 is 1. The molecule has 0 bridgehead atoms. The molecule has 6 nitrogen and oxygen atoms in total. The number of rotatable bonds is 15. The molecule has 7 rings (SSSR count). The average molecular weight is 764 g/mol. The van der Waals surface area contributed by atoms with E-state index >= 15 is 0 Å². The van der Waals surface area contributed by atoms with Crippen LogP contribution in [0.1, 0.15) is 94.5 Å². The SMILES string of the molecule is CCCCN1/C(=C/C=C2\CCC(/C=C/C3=[N+](CCCOC)c4ccc(C)cc4C3(C)C)=C2Oc2ccc[n+](OCc3ccccc3)c2)C(C)(C)c2cc(C)ccc21. The number of allylic oxidation sites excluding steroid dienone is 7. The molecule has 0 atom stereocenters. The molecule has 57 heavy (non-hydrogen) atoms. The minimum Gasteiger partial charge on any atom is -0.450 e. The number of anilines is 1. The number of benzene rings is 3. The molecular formula is C51H61N3O3+2. The van der Waals surface area contributed by atoms with Gasteiger partial charge < -0.3 is 14.4 Å². The quantitative estimate of drug-likeness (QED) is 0.0893. The molecule has 2 aliphatic heterocycles. The van der Waals surface area contributed by atoms with Gasteiger partial charge >= 0.3 is 0 Å². The second kappa shape index (κ2) is 17.1. The molecule has 296 valence electrons. The van der Waals surface area contributed by atoms with Gasteiger partial charge in [-0.2, -0.15) is 4.58 Å². The van der Waals surface area contributed by atoms with E-state index in [1.54, 1.807) is 11.8 Å². The fourth-order valence-corrected chi connectivity index (χ4v) is 8.67. The second-order valence-electron chi connectivity index (χ2n) is 16.9. The average Bonchev–Trinajstić information content (AvgIpc) is 3.75. The van der Waals surface area contributed by atoms with Gasteiger partial charge in [-0.25, -0.2) is 0 Å². The zero-order valence-corrected chi connectivity index (χ0v) is 35.4. The molecule has 0 N–H and O–H groups in total. The molecule has 1 aliphatic carbocycles. The number of hydrogen-bond donors (Lipinski definition) is 0. The monoisotopic (exact) mass is 763 g/mol. The second-order valence-corrected chi connectivity index (χ2v) is 16.9. The Hall–Kier alpha value is -5.20. The first-order chi connectivity index (χ1) is 27.5. The van der Waals surface area contributed by atoms with Crippen molar-refractivity contribution in [2.24, 2.45) is 0 Å². The summed E-state index contributed by atoms with van der Waals surface area (Å²) in [5, 5.41) is 0. The smallest absolute Gasteiger partial charge is 0.264 e. The molecule has 3 aromatic carbocycles. The largest absolute Gasteiger partial charge is 0.450 e. The van der Waals surface area contributed by atoms with Crippen LogP contribution in [0.15, 0.2) is 138 Å². The van der Waals surface area contributed by atoms with Crippen molar-refractivity contribution in [3.63, 3.8) is 0 Å². The van der Waals surface area contributed by atoms with Crippen molar-refractivity contribution in [3.05, 3.63) is 166 Å². The maximum atomic E-state index is 6.96. The van der Waals surface area contributed by atoms with Gasteiger partial charge in [0.05, 0.1) is 12.0 Å². The molecule has 1 aromatic heterocycles. The van der Waals surface area contributed by atoms with Gasteiger partial charge in [0, 0.05) is 65.4 Å². The summed E-state index contributed by atoms with van der Waals surface area (Å²) in [6.07, 6.45) is 18.3. The number of aryl methyl sites for hydroxylation is 2. The van der Waals surface area contributed by atoms with Gasteiger partial charge in [0.15, 0.2) is 24.6 Å². The summed E-state index contributed by atoms with van der Waals surface area (Å²) < 4.78 is 16.7. The Balaban J connectivity index is 1.28. The van der Waals surface area contributed by atoms with E-state index in [4.69, 9.17) is 14.3 Å². The summed E-state index contributed by atoms with van der Waals surface area (Å²) in [5.41, 5.74) is 13.8. The third-order valence-electron chi connectivity index (χ3n) is 11.9. The molecule has 0 unspecified atom stereocenters. The maximum absolute atomic E-state index is 6.96. The molecule has 6 heteroatoms. The van der Waals surface area contributed by atoms with Crippen LogP contribution >= 0.6 is 0 Å². The summed E-state index contributed by atoms with van der Waals surface area (Å²) in [7, 11) is 1.78. The van der Waals surface area contributed by atoms with Crippen molar-refractivity contribution in [3.8, 4) is 5.75 Å². The van der Waals surface area contributed by atoms with Crippen LogP contribution < -0.4 is 19.2 Å². The van der Waals surface area contributed by atoms with Crippen LogP contribution in [0.2, 0.25) is 0 Å². The van der Waals surface area contributed by atoms with Crippen LogP contribution in [0.25, 0.3) is 0 Å². The van der Waals surface area contributed by atoms with E-state index in [9.17, 15) is 0 Å². The summed E-state index contributed by atoms with van der Waals surface area (Å²) in [5.74, 6) is 1.65. The van der Waals surface area contributed by atoms with Gasteiger partial charge in [-0.15, -0.1) is 0 Å². The molecule has 0 radical (unpaired) electrons. The zero-order chi connectivity index (χ0) is 40.2. The number of hydrogen-bond acceptors (Lipinski definition) is 4. The number of aromatic nitrogens is 1. The fourth-order valence-electron chi connectivity index (χ4n) is 8.67. The van der Waals surface area contributed by atoms with Crippen LogP contribution in [0.5, 0.6) is 5.75 Å². The number of nitrogens with zero attached hydrogens (tertiary/aromatic N) is 3. The fraction of sp³-hybridized carbons (Fsp3) is 0.373. The number of pyridine rings is 1. The summed E-state index contributed by atoms with van der Waals surface area (Å²) >= 11 is 0. The summed E-state index contributed by atoms with van der Waals surface area (Å²) in [4.78, 5) is 8.71. The highest BCUT2D eigenvalue weighted by Crippen LogP contribution is 2.48. The predicted molar refractivity (Wildman–Crippen MR) is 233 cm³/mol. The molecule has 0 fully saturated rings. The first-order valence-electron chi connectivity index (χ1n) is 20.8. The number of fused-ring (bicyclic) bond motifs is 2. The third kappa shape index (κ3) is 8.43. The van der Waals surface area contributed by atoms with E-state index in [0.29, 0.717) is 6.61 Å². The lowest BCUT2D eigenvalue weighted by Gasteiger charge is -2.27. The van der Waals surface area contributed by atoms with Crippen LogP contribution in [-0.2, 0) is 22.2 Å². The van der Waals surface area contributed by atoms with Crippen LogP contribution in [-0.4, -0.2) is 37.1 Å². The zero-order valence-electron chi connectivity index (χ0n) is 35.4. The van der Waals surface area contributed by atoms with Crippen molar-refractivity contribution in [1.29, 1.82) is 0 Å². The van der Waals surface area contributed by atoms with Gasteiger partial charge in [-0.1, -0.05) is 92.9 Å². The molecule has 0 amide bonds. The van der Waals surface area contributed by atoms with Crippen molar-refractivity contribution >= 4 is 17.1 Å². The van der Waals surface area contributed by atoms with E-state index in [2.05, 4.69) is 131 Å². The van der Waals surface area contributed by atoms with E-state index in [1.165, 1.54) is 56.2 Å². The first kappa shape index (κ1) is 40.0. The van der Waals surface area contributed by atoms with Crippen LogP contribution in [0, 0.1) is 13.8 Å². The van der Waals surface area contributed by atoms with Crippen molar-refractivity contribution in [2.75, 3.05) is 31.7 Å². The highest BCUT2D eigenvalue weighted by Gasteiger charge is 2.44. The van der Waals surface area contributed by atoms with Gasteiger partial charge in [-0.05, 0) is 99.6 Å². The van der Waals surface area contributed by atoms with Gasteiger partial charge in [-0.3, -0.25) is 4.84 Å². The minimum atomic E-state index is -0.154. The Labute approximate surface area is 341 Å². The third-order valence-corrected chi connectivity index (χ3v) is 11.9. The predicted octanol–water partition coefficient (Wildman–Crippen LogP) is 10.7. The lowest BCUT2D eigenvalue weighted by atomic mass is 9.80. The molecule has 0 spiro atoms. The van der Waals surface area contributed by atoms with Crippen molar-refractivity contribution in [1.82, 2.24) is 0 Å². The first-order valence-corrected chi connectivity index (χ1v) is 20.8. The van der Waals surface area contributed by atoms with Crippen molar-refractivity contribution in [2.45, 2.75) is 98.0 Å². The van der Waals surface area contributed by atoms with E-state index in [0.717, 1.165) is 68.9 Å². The highest BCUT2D eigenvalue weighted by atomic mass is 16.7. The van der Waals surface area contributed by atoms with E-state index in [1.807, 2.05) is 42.7 Å². The van der Waals surface area contributed by atoms with Crippen LogP contribution in [0.4, 0.5) is 11.4 Å². The summed E-state index contributed by atoms with van der Waals surface area (Å²) in [6, 6.07) is 28.0. The molecule has 0 saturated heterocycles. The molecule has 4 aromatic rings. The molecular weight excluding hydrogens is 703 g/mol. The standard InChI is InChI=1S/C51H61N3O3/c1-9-10-30-53-45-25-19-37(2)33-43(45)50(4,5)47(53)27-23-40-21-22-41(49(40)57-42-18-14-29-52(35-42)56-36-39-16-12-11-13-17-39)24-28-48-51(6,7)44-34-38(3)20-26-46(44)54(48)31-15-32-55-8/h11-14,16-20,23-29,33-35H,9-10,15,21-22,30-32,36H2,1-8H3/q+2. The number of unbranched alkanes of at least 4 members (excludes halogenated alkanes) is 1. The van der Waals surface area contributed by atoms with Crippen molar-refractivity contribution < 1.29 is 23.6 Å². The molecule has 3 heterocycles. The molecule has 3 aliphatic rings. The summed E-state index contributed by atoms with van der Waals surface area (Å²) in [6.45, 7) is 19.2. The lowest BCUT2D eigenvalue weighted by Crippen LogP contribution is -2.41. The van der Waals surface area contributed by atoms with Gasteiger partial charge in [0.2, 0.25) is 11.9 Å². The maximum Gasteiger partial charge on any atom is 0.264 e. The van der Waals surface area contributed by atoms with Crippen LogP contribution in [0.3, 0.4) is 0 Å². The Morgan fingerprint density at radius 2 is 1.58 bits per heavy atom. The van der Waals surface area contributed by atoms with E-state index in [-0.39, 0.29) is 10.8 Å². The highest BCUT2D eigenvalue weighted by molar-refractivity contribution is 6.03. The molecule has 0 saturated carbocycles. The Bertz CT molecular complexity index is 2260. The van der Waals surface area contributed by atoms with E-state index < -0.39 is 0 Å². The van der Waals surface area contributed by atoms with Gasteiger partial charge in [0.25, 0.3) is 6.20 Å². The van der Waals surface area contributed by atoms with Gasteiger partial charge in [0.1, 0.15) is 5.76 Å². The number of ether oxygens (including phenoxy) is 2. The Morgan fingerprint density at radius 1 is 0.807 bits per heavy atom. The minimum absolute atomic E-state index is 0.121. The topological polar surface area (TPSA) is 37.8 Å². The Kier molecular flexibility index (Phi) is 12.0. The lowest BCUT2D eigenvalue weighted by molar-refractivity contribution is -0.895. The Morgan fingerprint density at radius 3 is 2.35 bits per heavy atom. The normalized spacial score (nSPS) is 18.4.